The van der Waals surface area contributed by atoms with E-state index >= 15 is 0 Å². The van der Waals surface area contributed by atoms with Gasteiger partial charge in [0.05, 0.1) is 10.6 Å². The first-order valence-electron chi connectivity index (χ1n) is 7.19. The van der Waals surface area contributed by atoms with Crippen LogP contribution in [0.5, 0.6) is 0 Å². The number of nitrogens with two attached hydrogens (primary N) is 1. The molecule has 3 rings (SSSR count). The fourth-order valence-corrected chi connectivity index (χ4v) is 4.98. The molecule has 0 fully saturated rings. The maximum absolute atomic E-state index is 12.5. The number of rotatable bonds is 3. The summed E-state index contributed by atoms with van der Waals surface area (Å²) in [6.45, 7) is 3.89. The predicted molar refractivity (Wildman–Crippen MR) is 88.6 cm³/mol. The lowest BCUT2D eigenvalue weighted by Crippen LogP contribution is -2.38. The number of aromatic nitrogens is 1. The Morgan fingerprint density at radius 3 is 2.82 bits per heavy atom. The van der Waals surface area contributed by atoms with Crippen molar-refractivity contribution in [1.29, 1.82) is 0 Å². The molecular weight excluding hydrogens is 318 g/mol. The van der Waals surface area contributed by atoms with E-state index in [1.807, 2.05) is 19.9 Å². The number of fused-ring (bicyclic) bond motifs is 1. The van der Waals surface area contributed by atoms with Gasteiger partial charge < -0.3 is 5.73 Å². The van der Waals surface area contributed by atoms with Crippen LogP contribution in [-0.4, -0.2) is 19.4 Å². The Bertz CT molecular complexity index is 812. The van der Waals surface area contributed by atoms with E-state index in [1.54, 1.807) is 12.1 Å². The molecule has 0 saturated heterocycles. The number of thiazole rings is 1. The molecule has 3 N–H and O–H groups in total. The van der Waals surface area contributed by atoms with E-state index in [2.05, 4.69) is 9.71 Å². The monoisotopic (exact) mass is 337 g/mol. The van der Waals surface area contributed by atoms with E-state index < -0.39 is 10.0 Å². The molecular formula is C15H19N3O2S2. The second kappa shape index (κ2) is 5.64. The molecule has 0 aliphatic heterocycles. The highest BCUT2D eigenvalue weighted by atomic mass is 32.2. The maximum atomic E-state index is 12.5. The first-order valence-corrected chi connectivity index (χ1v) is 9.49. The number of nitrogen functional groups attached to an aromatic ring is 1. The summed E-state index contributed by atoms with van der Waals surface area (Å²) in [5.74, 6) is 0. The van der Waals surface area contributed by atoms with E-state index in [1.165, 1.54) is 11.3 Å². The molecule has 0 radical (unpaired) electrons. The second-order valence-corrected chi connectivity index (χ2v) is 8.56. The van der Waals surface area contributed by atoms with Crippen LogP contribution in [0.4, 0.5) is 5.13 Å². The third-order valence-electron chi connectivity index (χ3n) is 4.07. The molecule has 1 aliphatic carbocycles. The van der Waals surface area contributed by atoms with Gasteiger partial charge in [0.25, 0.3) is 0 Å². The van der Waals surface area contributed by atoms with Gasteiger partial charge in [-0.15, -0.1) is 11.3 Å². The van der Waals surface area contributed by atoms with E-state index in [-0.39, 0.29) is 6.04 Å². The van der Waals surface area contributed by atoms with Gasteiger partial charge in [-0.3, -0.25) is 0 Å². The van der Waals surface area contributed by atoms with Crippen molar-refractivity contribution in [2.75, 3.05) is 5.73 Å². The fraction of sp³-hybridized carbons (Fsp3) is 0.400. The molecule has 22 heavy (non-hydrogen) atoms. The minimum absolute atomic E-state index is 0.0982. The zero-order valence-electron chi connectivity index (χ0n) is 12.6. The number of aryl methyl sites for hydroxylation is 3. The Balaban J connectivity index is 1.79. The van der Waals surface area contributed by atoms with Crippen LogP contribution in [0.2, 0.25) is 0 Å². The molecule has 7 heteroatoms. The third kappa shape index (κ3) is 3.02. The summed E-state index contributed by atoms with van der Waals surface area (Å²) in [6.07, 6.45) is 2.18. The molecule has 0 spiro atoms. The van der Waals surface area contributed by atoms with Crippen molar-refractivity contribution in [2.24, 2.45) is 0 Å². The van der Waals surface area contributed by atoms with Gasteiger partial charge >= 0.3 is 0 Å². The number of benzene rings is 1. The van der Waals surface area contributed by atoms with Crippen LogP contribution in [-0.2, 0) is 22.9 Å². The first kappa shape index (κ1) is 15.5. The zero-order chi connectivity index (χ0) is 15.9. The van der Waals surface area contributed by atoms with Crippen molar-refractivity contribution in [3.8, 4) is 0 Å². The fourth-order valence-electron chi connectivity index (χ4n) is 2.66. The molecule has 1 heterocycles. The molecule has 1 aromatic carbocycles. The number of anilines is 1. The van der Waals surface area contributed by atoms with Crippen LogP contribution >= 0.6 is 11.3 Å². The lowest BCUT2D eigenvalue weighted by Gasteiger charge is -2.22. The molecule has 1 atom stereocenters. The largest absolute Gasteiger partial charge is 0.375 e. The number of hydrogen-bond donors (Lipinski definition) is 2. The van der Waals surface area contributed by atoms with E-state index in [0.29, 0.717) is 16.4 Å². The van der Waals surface area contributed by atoms with Crippen LogP contribution in [0.1, 0.15) is 28.1 Å². The van der Waals surface area contributed by atoms with Crippen LogP contribution in [0.25, 0.3) is 0 Å². The Labute approximate surface area is 134 Å². The lowest BCUT2D eigenvalue weighted by atomic mass is 9.99. The van der Waals surface area contributed by atoms with Crippen molar-refractivity contribution in [1.82, 2.24) is 9.71 Å². The van der Waals surface area contributed by atoms with Crippen molar-refractivity contribution in [2.45, 2.75) is 44.0 Å². The van der Waals surface area contributed by atoms with Crippen LogP contribution < -0.4 is 10.5 Å². The van der Waals surface area contributed by atoms with Gasteiger partial charge in [-0.2, -0.15) is 0 Å². The summed E-state index contributed by atoms with van der Waals surface area (Å²) in [5.41, 5.74) is 8.80. The Kier molecular flexibility index (Phi) is 3.96. The molecule has 2 aromatic rings. The van der Waals surface area contributed by atoms with Crippen molar-refractivity contribution in [3.05, 3.63) is 39.9 Å². The minimum Gasteiger partial charge on any atom is -0.375 e. The van der Waals surface area contributed by atoms with Gasteiger partial charge in [-0.25, -0.2) is 18.1 Å². The molecule has 5 nitrogen and oxygen atoms in total. The number of nitrogens with one attached hydrogen (secondary N) is 1. The Hall–Kier alpha value is -1.44. The SMILES string of the molecule is Cc1ccc(S(=O)(=O)NC2CCc3nc(N)sc3C2)cc1C. The van der Waals surface area contributed by atoms with E-state index in [9.17, 15) is 8.42 Å². The van der Waals surface area contributed by atoms with Crippen LogP contribution in [0.15, 0.2) is 23.1 Å². The summed E-state index contributed by atoms with van der Waals surface area (Å²) in [4.78, 5) is 5.70. The molecule has 1 unspecified atom stereocenters. The Morgan fingerprint density at radius 2 is 2.09 bits per heavy atom. The molecule has 1 aliphatic rings. The van der Waals surface area contributed by atoms with Gasteiger partial charge in [0.2, 0.25) is 10.0 Å². The number of hydrogen-bond acceptors (Lipinski definition) is 5. The lowest BCUT2D eigenvalue weighted by molar-refractivity contribution is 0.508. The average molecular weight is 337 g/mol. The highest BCUT2D eigenvalue weighted by Crippen LogP contribution is 2.28. The molecule has 118 valence electrons. The smallest absolute Gasteiger partial charge is 0.240 e. The van der Waals surface area contributed by atoms with Gasteiger partial charge in [-0.1, -0.05) is 6.07 Å². The van der Waals surface area contributed by atoms with Gasteiger partial charge in [0.1, 0.15) is 0 Å². The van der Waals surface area contributed by atoms with Gasteiger partial charge in [0, 0.05) is 17.3 Å². The summed E-state index contributed by atoms with van der Waals surface area (Å²) in [5, 5.41) is 0.558. The second-order valence-electron chi connectivity index (χ2n) is 5.73. The summed E-state index contributed by atoms with van der Waals surface area (Å²) in [7, 11) is -3.49. The van der Waals surface area contributed by atoms with Crippen molar-refractivity contribution in [3.63, 3.8) is 0 Å². The summed E-state index contributed by atoms with van der Waals surface area (Å²) < 4.78 is 27.9. The highest BCUT2D eigenvalue weighted by Gasteiger charge is 2.26. The quantitative estimate of drug-likeness (QED) is 0.899. The molecule has 0 saturated carbocycles. The zero-order valence-corrected chi connectivity index (χ0v) is 14.2. The average Bonchev–Trinajstić information content (AvgIpc) is 2.80. The maximum Gasteiger partial charge on any atom is 0.240 e. The van der Waals surface area contributed by atoms with Gasteiger partial charge in [-0.05, 0) is 49.9 Å². The number of sulfonamides is 1. The standard InChI is InChI=1S/C15H19N3O2S2/c1-9-3-5-12(7-10(9)2)22(19,20)18-11-4-6-13-14(8-11)21-15(16)17-13/h3,5,7,11,18H,4,6,8H2,1-2H3,(H2,16,17). The summed E-state index contributed by atoms with van der Waals surface area (Å²) in [6, 6.07) is 5.12. The Morgan fingerprint density at radius 1 is 1.32 bits per heavy atom. The van der Waals surface area contributed by atoms with E-state index in [0.717, 1.165) is 34.5 Å². The van der Waals surface area contributed by atoms with Crippen LogP contribution in [0.3, 0.4) is 0 Å². The van der Waals surface area contributed by atoms with Crippen LogP contribution in [0, 0.1) is 13.8 Å². The normalized spacial score (nSPS) is 18.2. The molecule has 0 amide bonds. The predicted octanol–water partition coefficient (Wildman–Crippen LogP) is 2.18. The topological polar surface area (TPSA) is 85.1 Å². The highest BCUT2D eigenvalue weighted by molar-refractivity contribution is 7.89. The molecule has 0 bridgehead atoms. The third-order valence-corrected chi connectivity index (χ3v) is 6.53. The van der Waals surface area contributed by atoms with Crippen molar-refractivity contribution < 1.29 is 8.42 Å². The molecule has 1 aromatic heterocycles. The number of nitrogens with zero attached hydrogens (tertiary/aromatic N) is 1. The minimum atomic E-state index is -3.49. The van der Waals surface area contributed by atoms with Gasteiger partial charge in [0.15, 0.2) is 5.13 Å². The first-order chi connectivity index (χ1) is 10.3. The van der Waals surface area contributed by atoms with Crippen molar-refractivity contribution >= 4 is 26.5 Å². The summed E-state index contributed by atoms with van der Waals surface area (Å²) >= 11 is 1.45. The van der Waals surface area contributed by atoms with E-state index in [4.69, 9.17) is 5.73 Å².